The minimum Gasteiger partial charge on any atom is -0.463 e. The Morgan fingerprint density at radius 3 is 1.97 bits per heavy atom. The van der Waals surface area contributed by atoms with Crippen molar-refractivity contribution >= 4 is 23.9 Å². The van der Waals surface area contributed by atoms with E-state index in [0.29, 0.717) is 0 Å². The van der Waals surface area contributed by atoms with Gasteiger partial charge in [-0.2, -0.15) is 0 Å². The van der Waals surface area contributed by atoms with Crippen LogP contribution < -0.4 is 0 Å². The summed E-state index contributed by atoms with van der Waals surface area (Å²) in [7, 11) is 0. The number of esters is 4. The summed E-state index contributed by atoms with van der Waals surface area (Å²) in [5.41, 5.74) is -0.174. The molecule has 2 rings (SSSR count). The number of rotatable bonds is 12. The molecule has 1 heterocycles. The van der Waals surface area contributed by atoms with Gasteiger partial charge in [-0.25, -0.2) is 17.9 Å². The van der Waals surface area contributed by atoms with Crippen LogP contribution in [0.25, 0.3) is 11.3 Å². The highest BCUT2D eigenvalue weighted by Gasteiger charge is 2.35. The normalized spacial score (nSPS) is 14.1. The van der Waals surface area contributed by atoms with Crippen LogP contribution in [0, 0.1) is 17.5 Å². The molecule has 0 saturated carbocycles. The van der Waals surface area contributed by atoms with E-state index >= 15 is 0 Å². The van der Waals surface area contributed by atoms with Gasteiger partial charge < -0.3 is 23.7 Å². The van der Waals surface area contributed by atoms with E-state index in [2.05, 4.69) is 10.3 Å². The lowest BCUT2D eigenvalue weighted by molar-refractivity contribution is -0.242. The number of benzene rings is 1. The molecular weight excluding hydrogens is 519 g/mol. The molecular formula is C23H26F3N3O9. The third-order valence-corrected chi connectivity index (χ3v) is 4.72. The first-order chi connectivity index (χ1) is 17.8. The Morgan fingerprint density at radius 2 is 1.45 bits per heavy atom. The zero-order chi connectivity index (χ0) is 28.6. The molecule has 208 valence electrons. The van der Waals surface area contributed by atoms with Crippen LogP contribution in [-0.2, 0) is 49.4 Å². The van der Waals surface area contributed by atoms with Gasteiger partial charge in [0.2, 0.25) is 6.29 Å². The Morgan fingerprint density at radius 1 is 0.868 bits per heavy atom. The number of nitrogens with zero attached hydrogens (tertiary/aromatic N) is 3. The average molecular weight is 545 g/mol. The Labute approximate surface area is 214 Å². The first kappa shape index (κ1) is 30.2. The summed E-state index contributed by atoms with van der Waals surface area (Å²) in [5.74, 6) is -7.49. The van der Waals surface area contributed by atoms with Gasteiger partial charge in [-0.1, -0.05) is 5.21 Å². The van der Waals surface area contributed by atoms with Crippen molar-refractivity contribution in [3.63, 3.8) is 0 Å². The molecule has 4 unspecified atom stereocenters. The Bertz CT molecular complexity index is 1150. The second kappa shape index (κ2) is 13.5. The van der Waals surface area contributed by atoms with Crippen LogP contribution in [0.2, 0.25) is 0 Å². The first-order valence-corrected chi connectivity index (χ1v) is 11.1. The lowest BCUT2D eigenvalue weighted by Crippen LogP contribution is -2.46. The summed E-state index contributed by atoms with van der Waals surface area (Å²) in [6.45, 7) is 5.09. The van der Waals surface area contributed by atoms with Crippen LogP contribution in [0.3, 0.4) is 0 Å². The van der Waals surface area contributed by atoms with Crippen LogP contribution in [0.4, 0.5) is 13.2 Å². The van der Waals surface area contributed by atoms with Gasteiger partial charge in [0.05, 0.1) is 12.7 Å². The molecule has 0 amide bonds. The maximum atomic E-state index is 13.6. The summed E-state index contributed by atoms with van der Waals surface area (Å²) in [5, 5.41) is 7.57. The number of halogens is 3. The van der Waals surface area contributed by atoms with Gasteiger partial charge in [-0.15, -0.1) is 5.10 Å². The quantitative estimate of drug-likeness (QED) is 0.167. The van der Waals surface area contributed by atoms with E-state index in [1.54, 1.807) is 0 Å². The molecule has 0 aliphatic rings. The van der Waals surface area contributed by atoms with Gasteiger partial charge in [-0.05, 0) is 19.1 Å². The molecule has 0 aliphatic heterocycles. The lowest BCUT2D eigenvalue weighted by atomic mass is 10.1. The highest BCUT2D eigenvalue weighted by molar-refractivity contribution is 5.67. The van der Waals surface area contributed by atoms with Crippen LogP contribution >= 0.6 is 0 Å². The molecule has 15 heteroatoms. The molecule has 12 nitrogen and oxygen atoms in total. The summed E-state index contributed by atoms with van der Waals surface area (Å²) in [6.07, 6.45) is -3.95. The van der Waals surface area contributed by atoms with E-state index in [-0.39, 0.29) is 17.8 Å². The van der Waals surface area contributed by atoms with Gasteiger partial charge >= 0.3 is 23.9 Å². The van der Waals surface area contributed by atoms with Gasteiger partial charge in [0.25, 0.3) is 0 Å². The first-order valence-electron chi connectivity index (χ1n) is 11.1. The molecule has 0 saturated heterocycles. The zero-order valence-corrected chi connectivity index (χ0v) is 21.1. The number of carbonyl (C=O) groups is 4. The van der Waals surface area contributed by atoms with Crippen molar-refractivity contribution in [3.05, 3.63) is 35.8 Å². The van der Waals surface area contributed by atoms with Crippen molar-refractivity contribution in [2.75, 3.05) is 6.61 Å². The van der Waals surface area contributed by atoms with Crippen LogP contribution in [0.5, 0.6) is 0 Å². The standard InChI is InChI=1S/C23H26F3N3O9/c1-11(35-13(3)31)21(10-34-12(2)30)38-23(37-15(5)33)20(36-14(4)32)9-29-8-19(27-28-29)16-6-17(24)22(26)18(25)7-16/h6-8,11,20-21,23H,9-10H2,1-5H3. The van der Waals surface area contributed by atoms with Gasteiger partial charge in [0, 0.05) is 33.3 Å². The SMILES string of the molecule is CC(=O)OCC(OC(OC(C)=O)C(Cn1cc(-c2cc(F)c(F)c(F)c2)nn1)OC(C)=O)C(C)OC(C)=O. The molecule has 0 aliphatic carbocycles. The van der Waals surface area contributed by atoms with E-state index in [1.807, 2.05) is 0 Å². The van der Waals surface area contributed by atoms with Crippen molar-refractivity contribution in [1.82, 2.24) is 15.0 Å². The Balaban J connectivity index is 2.36. The third kappa shape index (κ3) is 9.14. The van der Waals surface area contributed by atoms with Crippen LogP contribution in [-0.4, -0.2) is 70.1 Å². The van der Waals surface area contributed by atoms with Crippen molar-refractivity contribution in [1.29, 1.82) is 0 Å². The molecule has 0 radical (unpaired) electrons. The molecule has 38 heavy (non-hydrogen) atoms. The maximum absolute atomic E-state index is 13.6. The molecule has 0 fully saturated rings. The van der Waals surface area contributed by atoms with E-state index in [9.17, 15) is 32.3 Å². The van der Waals surface area contributed by atoms with Gasteiger partial charge in [0.15, 0.2) is 23.6 Å². The largest absolute Gasteiger partial charge is 0.463 e. The second-order valence-electron chi connectivity index (χ2n) is 8.00. The Kier molecular flexibility index (Phi) is 10.7. The number of ether oxygens (including phenoxy) is 5. The summed E-state index contributed by atoms with van der Waals surface area (Å²) < 4.78 is 67.9. The van der Waals surface area contributed by atoms with Crippen molar-refractivity contribution in [2.45, 2.75) is 65.8 Å². The van der Waals surface area contributed by atoms with Crippen molar-refractivity contribution in [3.8, 4) is 11.3 Å². The molecule has 2 aromatic rings. The predicted molar refractivity (Wildman–Crippen MR) is 119 cm³/mol. The molecule has 0 N–H and O–H groups in total. The number of carbonyl (C=O) groups excluding carboxylic acids is 4. The molecule has 0 bridgehead atoms. The van der Waals surface area contributed by atoms with Crippen molar-refractivity contribution < 1.29 is 56.0 Å². The fourth-order valence-corrected chi connectivity index (χ4v) is 3.15. The molecule has 1 aromatic carbocycles. The fourth-order valence-electron chi connectivity index (χ4n) is 3.15. The van der Waals surface area contributed by atoms with Crippen LogP contribution in [0.15, 0.2) is 18.3 Å². The molecule has 4 atom stereocenters. The minimum atomic E-state index is -1.65. The number of aromatic nitrogens is 3. The average Bonchev–Trinajstić information content (AvgIpc) is 3.26. The minimum absolute atomic E-state index is 0.0504. The van der Waals surface area contributed by atoms with Gasteiger partial charge in [0.1, 0.15) is 24.5 Å². The van der Waals surface area contributed by atoms with E-state index in [4.69, 9.17) is 23.7 Å². The second-order valence-corrected chi connectivity index (χ2v) is 8.00. The topological polar surface area (TPSA) is 145 Å². The van der Waals surface area contributed by atoms with E-state index < -0.39 is 72.5 Å². The van der Waals surface area contributed by atoms with Gasteiger partial charge in [-0.3, -0.25) is 19.2 Å². The highest BCUT2D eigenvalue weighted by Crippen LogP contribution is 2.23. The van der Waals surface area contributed by atoms with E-state index in [1.165, 1.54) is 13.1 Å². The summed E-state index contributed by atoms with van der Waals surface area (Å²) >= 11 is 0. The predicted octanol–water partition coefficient (Wildman–Crippen LogP) is 2.08. The van der Waals surface area contributed by atoms with Crippen molar-refractivity contribution in [2.24, 2.45) is 0 Å². The monoisotopic (exact) mass is 545 g/mol. The summed E-state index contributed by atoms with van der Waals surface area (Å²) in [4.78, 5) is 46.4. The third-order valence-electron chi connectivity index (χ3n) is 4.72. The number of hydrogen-bond donors (Lipinski definition) is 0. The maximum Gasteiger partial charge on any atom is 0.305 e. The lowest BCUT2D eigenvalue weighted by Gasteiger charge is -2.31. The Hall–Kier alpha value is -4.01. The van der Waals surface area contributed by atoms with Crippen LogP contribution in [0.1, 0.15) is 34.6 Å². The number of hydrogen-bond acceptors (Lipinski definition) is 11. The fraction of sp³-hybridized carbons (Fsp3) is 0.478. The zero-order valence-electron chi connectivity index (χ0n) is 21.1. The molecule has 1 aromatic heterocycles. The highest BCUT2D eigenvalue weighted by atomic mass is 19.2. The summed E-state index contributed by atoms with van der Waals surface area (Å²) in [6, 6.07) is 1.44. The molecule has 0 spiro atoms. The van der Waals surface area contributed by atoms with E-state index in [0.717, 1.165) is 44.5 Å². The smallest absolute Gasteiger partial charge is 0.305 e.